The highest BCUT2D eigenvalue weighted by molar-refractivity contribution is 6.06. The first-order valence-electron chi connectivity index (χ1n) is 5.60. The zero-order valence-corrected chi connectivity index (χ0v) is 10.2. The Morgan fingerprint density at radius 1 is 1.00 bits per heavy atom. The van der Waals surface area contributed by atoms with Crippen LogP contribution in [0.25, 0.3) is 0 Å². The van der Waals surface area contributed by atoms with Crippen molar-refractivity contribution in [1.29, 1.82) is 0 Å². The molecule has 0 aromatic heterocycles. The molecule has 0 heterocycles. The molecule has 0 radical (unpaired) electrons. The first kappa shape index (κ1) is 12.8. The van der Waals surface area contributed by atoms with Crippen molar-refractivity contribution in [3.63, 3.8) is 0 Å². The van der Waals surface area contributed by atoms with Crippen molar-refractivity contribution in [2.24, 2.45) is 0 Å². The second-order valence-corrected chi connectivity index (χ2v) is 4.16. The van der Waals surface area contributed by atoms with Crippen LogP contribution in [-0.2, 0) is 0 Å². The van der Waals surface area contributed by atoms with E-state index in [1.807, 2.05) is 0 Å². The maximum Gasteiger partial charge on any atom is 0.259 e. The third-order valence-electron chi connectivity index (χ3n) is 2.68. The molecule has 4 N–H and O–H groups in total. The molecule has 0 saturated heterocycles. The molecule has 5 nitrogen and oxygen atoms in total. The fourth-order valence-corrected chi connectivity index (χ4v) is 1.64. The molecule has 0 aliphatic carbocycles. The van der Waals surface area contributed by atoms with Crippen LogP contribution in [0.2, 0.25) is 0 Å². The van der Waals surface area contributed by atoms with E-state index in [0.29, 0.717) is 11.3 Å². The normalized spacial score (nSPS) is 10.2. The number of nitrogens with one attached hydrogen (secondary N) is 1. The Bertz CT molecular complexity index is 637. The predicted octanol–water partition coefficient (Wildman–Crippen LogP) is 2.36. The number of amides is 1. The highest BCUT2D eigenvalue weighted by Crippen LogP contribution is 2.25. The number of rotatable bonds is 2. The van der Waals surface area contributed by atoms with Crippen molar-refractivity contribution in [2.45, 2.75) is 6.92 Å². The van der Waals surface area contributed by atoms with Crippen LogP contribution in [0, 0.1) is 6.92 Å². The lowest BCUT2D eigenvalue weighted by molar-refractivity contribution is 0.102. The minimum atomic E-state index is -0.498. The minimum Gasteiger partial charge on any atom is -0.508 e. The van der Waals surface area contributed by atoms with E-state index in [1.54, 1.807) is 19.1 Å². The van der Waals surface area contributed by atoms with Crippen molar-refractivity contribution in [1.82, 2.24) is 0 Å². The van der Waals surface area contributed by atoms with Gasteiger partial charge in [-0.25, -0.2) is 0 Å². The molecule has 0 bridgehead atoms. The molecule has 0 unspecified atom stereocenters. The van der Waals surface area contributed by atoms with E-state index in [0.717, 1.165) is 6.07 Å². The molecule has 0 aliphatic rings. The van der Waals surface area contributed by atoms with Crippen LogP contribution in [0.1, 0.15) is 15.9 Å². The standard InChI is InChI=1S/C14H13NO4/c1-8-6-9(2-5-12(8)17)15-14(19)11-4-3-10(16)7-13(11)18/h2-7,16-18H,1H3,(H,15,19). The molecule has 0 fully saturated rings. The molecule has 2 rings (SSSR count). The lowest BCUT2D eigenvalue weighted by atomic mass is 10.1. The van der Waals surface area contributed by atoms with Crippen molar-refractivity contribution in [3.05, 3.63) is 47.5 Å². The Labute approximate surface area is 109 Å². The summed E-state index contributed by atoms with van der Waals surface area (Å²) in [7, 11) is 0. The van der Waals surface area contributed by atoms with E-state index >= 15 is 0 Å². The van der Waals surface area contributed by atoms with Gasteiger partial charge in [-0.2, -0.15) is 0 Å². The lowest BCUT2D eigenvalue weighted by Crippen LogP contribution is -2.12. The minimum absolute atomic E-state index is 0.0588. The summed E-state index contributed by atoms with van der Waals surface area (Å²) in [5.41, 5.74) is 1.20. The molecule has 0 aliphatic heterocycles. The van der Waals surface area contributed by atoms with Gasteiger partial charge in [0, 0.05) is 11.8 Å². The van der Waals surface area contributed by atoms with E-state index < -0.39 is 5.91 Å². The molecule has 2 aromatic carbocycles. The smallest absolute Gasteiger partial charge is 0.259 e. The van der Waals surface area contributed by atoms with Gasteiger partial charge in [0.1, 0.15) is 17.2 Å². The summed E-state index contributed by atoms with van der Waals surface area (Å²) in [5.74, 6) is -0.768. The van der Waals surface area contributed by atoms with E-state index in [4.69, 9.17) is 5.11 Å². The third-order valence-corrected chi connectivity index (χ3v) is 2.68. The number of aromatic hydroxyl groups is 3. The Kier molecular flexibility index (Phi) is 3.29. The molecule has 5 heteroatoms. The van der Waals surface area contributed by atoms with Crippen molar-refractivity contribution in [2.75, 3.05) is 5.32 Å². The van der Waals surface area contributed by atoms with E-state index in [-0.39, 0.29) is 22.8 Å². The summed E-state index contributed by atoms with van der Waals surface area (Å²) < 4.78 is 0. The van der Waals surface area contributed by atoms with E-state index in [2.05, 4.69) is 5.32 Å². The predicted molar refractivity (Wildman–Crippen MR) is 70.6 cm³/mol. The number of carbonyl (C=O) groups excluding carboxylic acids is 1. The van der Waals surface area contributed by atoms with Crippen LogP contribution in [0.15, 0.2) is 36.4 Å². The lowest BCUT2D eigenvalue weighted by Gasteiger charge is -2.08. The number of hydrogen-bond acceptors (Lipinski definition) is 4. The Balaban J connectivity index is 2.23. The second kappa shape index (κ2) is 4.89. The molecule has 19 heavy (non-hydrogen) atoms. The molecular formula is C14H13NO4. The summed E-state index contributed by atoms with van der Waals surface area (Å²) in [6, 6.07) is 8.38. The number of phenolic OH excluding ortho intramolecular Hbond substituents is 3. The van der Waals surface area contributed by atoms with Crippen LogP contribution < -0.4 is 5.32 Å². The Morgan fingerprint density at radius 3 is 2.37 bits per heavy atom. The first-order chi connectivity index (χ1) is 8.97. The van der Waals surface area contributed by atoms with Crippen LogP contribution in [0.3, 0.4) is 0 Å². The summed E-state index contributed by atoms with van der Waals surface area (Å²) in [6.45, 7) is 1.71. The number of carbonyl (C=O) groups is 1. The van der Waals surface area contributed by atoms with Crippen LogP contribution in [-0.4, -0.2) is 21.2 Å². The third kappa shape index (κ3) is 2.77. The second-order valence-electron chi connectivity index (χ2n) is 4.16. The molecular weight excluding hydrogens is 246 g/mol. The molecule has 2 aromatic rings. The summed E-state index contributed by atoms with van der Waals surface area (Å²) in [6.07, 6.45) is 0. The SMILES string of the molecule is Cc1cc(NC(=O)c2ccc(O)cc2O)ccc1O. The molecule has 98 valence electrons. The van der Waals surface area contributed by atoms with Crippen LogP contribution >= 0.6 is 0 Å². The summed E-state index contributed by atoms with van der Waals surface area (Å²) in [5, 5.41) is 30.7. The molecule has 1 amide bonds. The zero-order valence-electron chi connectivity index (χ0n) is 10.2. The molecule has 0 atom stereocenters. The number of benzene rings is 2. The van der Waals surface area contributed by atoms with Crippen molar-refractivity contribution in [3.8, 4) is 17.2 Å². The summed E-state index contributed by atoms with van der Waals surface area (Å²) >= 11 is 0. The fraction of sp³-hybridized carbons (Fsp3) is 0.0714. The van der Waals surface area contributed by atoms with Gasteiger partial charge in [0.05, 0.1) is 5.56 Å². The monoisotopic (exact) mass is 259 g/mol. The van der Waals surface area contributed by atoms with Gasteiger partial charge >= 0.3 is 0 Å². The van der Waals surface area contributed by atoms with Crippen molar-refractivity contribution < 1.29 is 20.1 Å². The average Bonchev–Trinajstić information content (AvgIpc) is 2.33. The Hall–Kier alpha value is -2.69. The highest BCUT2D eigenvalue weighted by atomic mass is 16.3. The first-order valence-corrected chi connectivity index (χ1v) is 5.60. The van der Waals surface area contributed by atoms with Gasteiger partial charge < -0.3 is 20.6 Å². The van der Waals surface area contributed by atoms with E-state index in [1.165, 1.54) is 18.2 Å². The quantitative estimate of drug-likeness (QED) is 0.623. The van der Waals surface area contributed by atoms with Gasteiger partial charge in [-0.3, -0.25) is 4.79 Å². The van der Waals surface area contributed by atoms with Crippen LogP contribution in [0.4, 0.5) is 5.69 Å². The topological polar surface area (TPSA) is 89.8 Å². The number of phenols is 3. The highest BCUT2D eigenvalue weighted by Gasteiger charge is 2.12. The summed E-state index contributed by atoms with van der Waals surface area (Å²) in [4.78, 5) is 11.9. The van der Waals surface area contributed by atoms with Gasteiger partial charge in [0.15, 0.2) is 0 Å². The van der Waals surface area contributed by atoms with Crippen molar-refractivity contribution >= 4 is 11.6 Å². The van der Waals surface area contributed by atoms with Gasteiger partial charge in [0.2, 0.25) is 0 Å². The Morgan fingerprint density at radius 2 is 1.74 bits per heavy atom. The van der Waals surface area contributed by atoms with Crippen LogP contribution in [0.5, 0.6) is 17.2 Å². The maximum absolute atomic E-state index is 11.9. The largest absolute Gasteiger partial charge is 0.508 e. The maximum atomic E-state index is 11.9. The number of anilines is 1. The number of aryl methyl sites for hydroxylation is 1. The molecule has 0 saturated carbocycles. The number of hydrogen-bond donors (Lipinski definition) is 4. The van der Waals surface area contributed by atoms with Gasteiger partial charge in [0.25, 0.3) is 5.91 Å². The van der Waals surface area contributed by atoms with E-state index in [9.17, 15) is 15.0 Å². The van der Waals surface area contributed by atoms with Gasteiger partial charge in [-0.05, 0) is 42.8 Å². The van der Waals surface area contributed by atoms with Gasteiger partial charge in [-0.15, -0.1) is 0 Å². The fourth-order valence-electron chi connectivity index (χ4n) is 1.64. The molecule has 0 spiro atoms. The van der Waals surface area contributed by atoms with Gasteiger partial charge in [-0.1, -0.05) is 0 Å². The zero-order chi connectivity index (χ0) is 14.0. The average molecular weight is 259 g/mol.